The lowest BCUT2D eigenvalue weighted by molar-refractivity contribution is -0.387. The van der Waals surface area contributed by atoms with Gasteiger partial charge in [-0.05, 0) is 25.7 Å². The Kier molecular flexibility index (Phi) is 21.4. The maximum atomic E-state index is 13.0. The van der Waals surface area contributed by atoms with E-state index in [-0.39, 0.29) is 6.42 Å². The quantitative estimate of drug-likeness (QED) is 0.0566. The first-order chi connectivity index (χ1) is 16.0. The van der Waals surface area contributed by atoms with Crippen LogP contribution in [0, 0.1) is 0 Å². The smallest absolute Gasteiger partial charge is 0.334 e. The number of hydrogen-bond acceptors (Lipinski definition) is 6. The molecule has 0 amide bonds. The zero-order chi connectivity index (χ0) is 24.8. The van der Waals surface area contributed by atoms with Gasteiger partial charge < -0.3 is 18.9 Å². The van der Waals surface area contributed by atoms with Crippen molar-refractivity contribution in [2.45, 2.75) is 123 Å². The fraction of sp³-hybridized carbons (Fsp3) is 0.885. The highest BCUT2D eigenvalue weighted by atomic mass is 31.1. The molecule has 7 heteroatoms. The summed E-state index contributed by atoms with van der Waals surface area (Å²) in [4.78, 5) is 12.2. The summed E-state index contributed by atoms with van der Waals surface area (Å²) in [7, 11) is -2.32. The van der Waals surface area contributed by atoms with E-state index in [1.165, 1.54) is 0 Å². The molecule has 0 saturated heterocycles. The summed E-state index contributed by atoms with van der Waals surface area (Å²) >= 11 is 0. The topological polar surface area (TPSA) is 71.1 Å². The molecule has 0 fully saturated rings. The summed E-state index contributed by atoms with van der Waals surface area (Å²) < 4.78 is 37.6. The van der Waals surface area contributed by atoms with Crippen molar-refractivity contribution in [1.29, 1.82) is 0 Å². The van der Waals surface area contributed by atoms with Gasteiger partial charge in [0, 0.05) is 6.08 Å². The van der Waals surface area contributed by atoms with Crippen LogP contribution >= 0.6 is 7.80 Å². The van der Waals surface area contributed by atoms with E-state index in [4.69, 9.17) is 18.9 Å². The monoisotopic (exact) mass is 489 g/mol. The number of carbonyl (C=O) groups is 1. The molecule has 0 radical (unpaired) electrons. The molecule has 0 bridgehead atoms. The van der Waals surface area contributed by atoms with Gasteiger partial charge in [0.05, 0.1) is 26.4 Å². The van der Waals surface area contributed by atoms with Crippen LogP contribution in [0.25, 0.3) is 0 Å². The third kappa shape index (κ3) is 15.8. The van der Waals surface area contributed by atoms with Gasteiger partial charge in [-0.1, -0.05) is 90.2 Å². The lowest BCUT2D eigenvalue weighted by atomic mass is 10.2. The van der Waals surface area contributed by atoms with E-state index in [2.05, 4.69) is 34.3 Å². The van der Waals surface area contributed by atoms with Gasteiger partial charge in [0.1, 0.15) is 6.42 Å². The van der Waals surface area contributed by atoms with Gasteiger partial charge in [-0.15, -0.1) is 0 Å². The summed E-state index contributed by atoms with van der Waals surface area (Å²) in [6.07, 6.45) is 13.1. The highest BCUT2D eigenvalue weighted by Crippen LogP contribution is 2.38. The zero-order valence-corrected chi connectivity index (χ0v) is 22.7. The van der Waals surface area contributed by atoms with Gasteiger partial charge >= 0.3 is 13.3 Å². The molecule has 0 aromatic heterocycles. The largest absolute Gasteiger partial charge is 0.451 e. The number of rotatable bonds is 25. The van der Waals surface area contributed by atoms with Crippen molar-refractivity contribution in [1.82, 2.24) is 0 Å². The van der Waals surface area contributed by atoms with Gasteiger partial charge in [0.25, 0.3) is 11.8 Å². The summed E-state index contributed by atoms with van der Waals surface area (Å²) in [5.41, 5.74) is -0.512. The molecule has 2 atom stereocenters. The van der Waals surface area contributed by atoms with Gasteiger partial charge in [-0.2, -0.15) is 0 Å². The first-order valence-electron chi connectivity index (χ1n) is 13.2. The molecule has 0 aromatic rings. The number of ether oxygens (including phenoxy) is 4. The second-order valence-corrected chi connectivity index (χ2v) is 10.1. The fourth-order valence-electron chi connectivity index (χ4n) is 3.27. The van der Waals surface area contributed by atoms with Crippen molar-refractivity contribution in [3.63, 3.8) is 0 Å². The molecule has 0 saturated carbocycles. The molecular weight excluding hydrogens is 439 g/mol. The molecule has 0 aromatic carbocycles. The van der Waals surface area contributed by atoms with Crippen molar-refractivity contribution in [3.8, 4) is 0 Å². The maximum Gasteiger partial charge on any atom is 0.451 e. The van der Waals surface area contributed by atoms with Crippen molar-refractivity contribution >= 4 is 13.3 Å². The minimum Gasteiger partial charge on any atom is -0.334 e. The van der Waals surface area contributed by atoms with Crippen LogP contribution in [-0.2, 0) is 28.3 Å². The Morgan fingerprint density at radius 2 is 1.15 bits per heavy atom. The van der Waals surface area contributed by atoms with Crippen LogP contribution in [0.15, 0.2) is 12.7 Å². The Bertz CT molecular complexity index is 480. The van der Waals surface area contributed by atoms with Gasteiger partial charge in [0.2, 0.25) is 0 Å². The van der Waals surface area contributed by atoms with E-state index in [1.807, 2.05) is 0 Å². The van der Waals surface area contributed by atoms with Gasteiger partial charge in [-0.3, -0.25) is 0 Å². The van der Waals surface area contributed by atoms with E-state index in [1.54, 1.807) is 0 Å². The average Bonchev–Trinajstić information content (AvgIpc) is 2.83. The summed E-state index contributed by atoms with van der Waals surface area (Å²) in [6, 6.07) is 0. The molecule has 33 heavy (non-hydrogen) atoms. The molecule has 0 aliphatic heterocycles. The molecule has 2 unspecified atom stereocenters. The first kappa shape index (κ1) is 32.4. The second-order valence-electron chi connectivity index (χ2n) is 8.45. The Hall–Kier alpha value is -0.650. The molecule has 0 aliphatic rings. The SMILES string of the molecule is C=CC(=O)[P+](=O)C(CC(OCCCCC)(OCCCCC)OCCCCC)OCCCCC. The molecule has 194 valence electrons. The molecule has 0 spiro atoms. The second kappa shape index (κ2) is 21.9. The van der Waals surface area contributed by atoms with Crippen LogP contribution in [0.1, 0.15) is 111 Å². The highest BCUT2D eigenvalue weighted by Gasteiger charge is 2.47. The normalized spacial score (nSPS) is 13.2. The van der Waals surface area contributed by atoms with E-state index in [0.29, 0.717) is 26.4 Å². The standard InChI is InChI=1S/C26H50O6P/c1-6-11-15-19-29-25(33(28)24(27)10-5)23-26(30-20-16-12-7-2,31-21-17-13-8-3)32-22-18-14-9-4/h10,25H,5-9,11-23H2,1-4H3/q+1. The maximum absolute atomic E-state index is 13.0. The van der Waals surface area contributed by atoms with Crippen LogP contribution in [0.3, 0.4) is 0 Å². The van der Waals surface area contributed by atoms with Crippen LogP contribution in [-0.4, -0.2) is 43.8 Å². The molecule has 6 nitrogen and oxygen atoms in total. The minimum atomic E-state index is -2.32. The summed E-state index contributed by atoms with van der Waals surface area (Å²) in [5, 5.41) is 0. The lowest BCUT2D eigenvalue weighted by Gasteiger charge is -2.34. The molecule has 0 N–H and O–H groups in total. The predicted octanol–water partition coefficient (Wildman–Crippen LogP) is 7.72. The summed E-state index contributed by atoms with van der Waals surface area (Å²) in [6.45, 7) is 13.9. The third-order valence-corrected chi connectivity index (χ3v) is 6.82. The van der Waals surface area contributed by atoms with Crippen LogP contribution in [0.4, 0.5) is 0 Å². The molecule has 0 aliphatic carbocycles. The van der Waals surface area contributed by atoms with E-state index >= 15 is 0 Å². The Morgan fingerprint density at radius 1 is 0.758 bits per heavy atom. The van der Waals surface area contributed by atoms with E-state index in [9.17, 15) is 9.36 Å². The van der Waals surface area contributed by atoms with Crippen molar-refractivity contribution in [3.05, 3.63) is 12.7 Å². The number of allylic oxidation sites excluding steroid dienone is 1. The first-order valence-corrected chi connectivity index (χ1v) is 14.5. The fourth-order valence-corrected chi connectivity index (χ4v) is 4.36. The molecular formula is C26H50O6P+. The lowest BCUT2D eigenvalue weighted by Crippen LogP contribution is -2.43. The van der Waals surface area contributed by atoms with E-state index < -0.39 is 25.1 Å². The Balaban J connectivity index is 5.63. The van der Waals surface area contributed by atoms with Crippen LogP contribution < -0.4 is 0 Å². The van der Waals surface area contributed by atoms with E-state index in [0.717, 1.165) is 83.1 Å². The highest BCUT2D eigenvalue weighted by molar-refractivity contribution is 7.64. The Labute approximate surface area is 203 Å². The number of carbonyl (C=O) groups excluding carboxylic acids is 1. The van der Waals surface area contributed by atoms with Gasteiger partial charge in [0.15, 0.2) is 0 Å². The molecule has 0 rings (SSSR count). The zero-order valence-electron chi connectivity index (χ0n) is 21.8. The van der Waals surface area contributed by atoms with Crippen molar-refractivity contribution in [2.75, 3.05) is 26.4 Å². The van der Waals surface area contributed by atoms with Crippen LogP contribution in [0.2, 0.25) is 0 Å². The van der Waals surface area contributed by atoms with Crippen molar-refractivity contribution in [2.24, 2.45) is 0 Å². The van der Waals surface area contributed by atoms with Crippen LogP contribution in [0.5, 0.6) is 0 Å². The summed E-state index contributed by atoms with van der Waals surface area (Å²) in [5.74, 6) is -2.21. The Morgan fingerprint density at radius 3 is 1.52 bits per heavy atom. The number of hydrogen-bond donors (Lipinski definition) is 0. The number of unbranched alkanes of at least 4 members (excludes halogenated alkanes) is 8. The molecule has 0 heterocycles. The predicted molar refractivity (Wildman–Crippen MR) is 136 cm³/mol. The van der Waals surface area contributed by atoms with Crippen molar-refractivity contribution < 1.29 is 28.3 Å². The average molecular weight is 490 g/mol. The minimum absolute atomic E-state index is 0.0955. The third-order valence-electron chi connectivity index (χ3n) is 5.35. The van der Waals surface area contributed by atoms with Gasteiger partial charge in [-0.25, -0.2) is 4.79 Å².